The minimum Gasteiger partial charge on any atom is -0.352 e. The number of hydrogen-bond acceptors (Lipinski definition) is 2. The van der Waals surface area contributed by atoms with Crippen molar-refractivity contribution in [2.75, 3.05) is 0 Å². The molecule has 0 aromatic heterocycles. The first-order chi connectivity index (χ1) is 10.2. The summed E-state index contributed by atoms with van der Waals surface area (Å²) in [5.74, 6) is -0.683. The lowest BCUT2D eigenvalue weighted by Gasteiger charge is -2.06. The molecule has 1 amide bonds. The Morgan fingerprint density at radius 1 is 0.905 bits per heavy atom. The molecule has 3 nitrogen and oxygen atoms in total. The van der Waals surface area contributed by atoms with Crippen LogP contribution < -0.4 is 5.32 Å². The maximum atomic E-state index is 13.4. The fourth-order valence-corrected chi connectivity index (χ4v) is 1.92. The van der Waals surface area contributed by atoms with Gasteiger partial charge in [0.1, 0.15) is 5.82 Å². The molecule has 0 aliphatic rings. The van der Waals surface area contributed by atoms with Gasteiger partial charge in [0.25, 0.3) is 0 Å². The van der Waals surface area contributed by atoms with Crippen LogP contribution in [0.1, 0.15) is 28.8 Å². The number of carbonyl (C=O) groups is 2. The van der Waals surface area contributed by atoms with Crippen molar-refractivity contribution in [3.05, 3.63) is 71.5 Å². The van der Waals surface area contributed by atoms with E-state index < -0.39 is 0 Å². The summed E-state index contributed by atoms with van der Waals surface area (Å²) >= 11 is 0. The maximum absolute atomic E-state index is 13.4. The molecule has 0 spiro atoms. The van der Waals surface area contributed by atoms with Gasteiger partial charge in [-0.2, -0.15) is 0 Å². The first-order valence-corrected chi connectivity index (χ1v) is 6.75. The van der Waals surface area contributed by atoms with Crippen molar-refractivity contribution >= 4 is 11.7 Å². The standard InChI is InChI=1S/C17H16FNO2/c18-15-9-5-4-8-14(15)12-19-17(21)11-10-16(20)13-6-2-1-3-7-13/h1-9H,10-12H2,(H,19,21). The summed E-state index contributed by atoms with van der Waals surface area (Å²) in [4.78, 5) is 23.5. The third-order valence-electron chi connectivity index (χ3n) is 3.11. The minimum absolute atomic E-state index is 0.0726. The summed E-state index contributed by atoms with van der Waals surface area (Å²) in [5.41, 5.74) is 1.03. The highest BCUT2D eigenvalue weighted by molar-refractivity contribution is 5.97. The van der Waals surface area contributed by atoms with E-state index in [2.05, 4.69) is 5.32 Å². The van der Waals surface area contributed by atoms with E-state index in [1.807, 2.05) is 6.07 Å². The van der Waals surface area contributed by atoms with Crippen LogP contribution in [0.25, 0.3) is 0 Å². The highest BCUT2D eigenvalue weighted by Crippen LogP contribution is 2.07. The highest BCUT2D eigenvalue weighted by Gasteiger charge is 2.09. The fourth-order valence-electron chi connectivity index (χ4n) is 1.92. The molecule has 0 saturated heterocycles. The number of carbonyl (C=O) groups excluding carboxylic acids is 2. The quantitative estimate of drug-likeness (QED) is 0.829. The number of ketones is 1. The van der Waals surface area contributed by atoms with E-state index >= 15 is 0 Å². The fraction of sp³-hybridized carbons (Fsp3) is 0.176. The molecule has 0 unspecified atom stereocenters. The van der Waals surface area contributed by atoms with Crippen molar-refractivity contribution in [3.63, 3.8) is 0 Å². The van der Waals surface area contributed by atoms with E-state index in [4.69, 9.17) is 0 Å². The largest absolute Gasteiger partial charge is 0.352 e. The van der Waals surface area contributed by atoms with E-state index in [1.165, 1.54) is 6.07 Å². The minimum atomic E-state index is -0.349. The van der Waals surface area contributed by atoms with Gasteiger partial charge >= 0.3 is 0 Å². The molecule has 0 aliphatic carbocycles. The molecule has 1 N–H and O–H groups in total. The monoisotopic (exact) mass is 285 g/mol. The van der Waals surface area contributed by atoms with Gasteiger partial charge in [-0.05, 0) is 6.07 Å². The van der Waals surface area contributed by atoms with Crippen LogP contribution in [0.4, 0.5) is 4.39 Å². The smallest absolute Gasteiger partial charge is 0.220 e. The van der Waals surface area contributed by atoms with Crippen molar-refractivity contribution < 1.29 is 14.0 Å². The van der Waals surface area contributed by atoms with Gasteiger partial charge in [-0.3, -0.25) is 9.59 Å². The molecule has 2 aromatic rings. The zero-order chi connectivity index (χ0) is 15.1. The molecule has 2 aromatic carbocycles. The zero-order valence-corrected chi connectivity index (χ0v) is 11.5. The van der Waals surface area contributed by atoms with Gasteiger partial charge in [-0.1, -0.05) is 48.5 Å². The van der Waals surface area contributed by atoms with E-state index in [1.54, 1.807) is 42.5 Å². The first-order valence-electron chi connectivity index (χ1n) is 6.75. The molecular formula is C17H16FNO2. The van der Waals surface area contributed by atoms with Crippen molar-refractivity contribution in [1.29, 1.82) is 0 Å². The molecule has 0 radical (unpaired) electrons. The molecule has 0 heterocycles. The van der Waals surface area contributed by atoms with Gasteiger partial charge in [0, 0.05) is 30.5 Å². The predicted molar refractivity (Wildman–Crippen MR) is 78.3 cm³/mol. The third-order valence-corrected chi connectivity index (χ3v) is 3.11. The molecule has 0 fully saturated rings. The van der Waals surface area contributed by atoms with E-state index in [-0.39, 0.29) is 36.9 Å². The van der Waals surface area contributed by atoms with Crippen LogP contribution in [0.15, 0.2) is 54.6 Å². The highest BCUT2D eigenvalue weighted by atomic mass is 19.1. The second-order valence-corrected chi connectivity index (χ2v) is 4.66. The molecule has 0 atom stereocenters. The SMILES string of the molecule is O=C(CCC(=O)c1ccccc1)NCc1ccccc1F. The van der Waals surface area contributed by atoms with Gasteiger partial charge < -0.3 is 5.32 Å². The predicted octanol–water partition coefficient (Wildman–Crippen LogP) is 3.11. The van der Waals surface area contributed by atoms with Crippen LogP contribution in [0.5, 0.6) is 0 Å². The van der Waals surface area contributed by atoms with E-state index in [0.717, 1.165) is 0 Å². The lowest BCUT2D eigenvalue weighted by atomic mass is 10.1. The number of halogens is 1. The average Bonchev–Trinajstić information content (AvgIpc) is 2.52. The molecule has 0 bridgehead atoms. The third kappa shape index (κ3) is 4.53. The Labute approximate surface area is 122 Å². The number of nitrogens with one attached hydrogen (secondary N) is 1. The molecule has 0 aliphatic heterocycles. The Kier molecular flexibility index (Phi) is 5.21. The second kappa shape index (κ2) is 7.33. The number of benzene rings is 2. The van der Waals surface area contributed by atoms with Crippen LogP contribution in [0.3, 0.4) is 0 Å². The van der Waals surface area contributed by atoms with Gasteiger partial charge in [0.15, 0.2) is 5.78 Å². The molecule has 4 heteroatoms. The van der Waals surface area contributed by atoms with Crippen LogP contribution in [-0.2, 0) is 11.3 Å². The van der Waals surface area contributed by atoms with Crippen LogP contribution >= 0.6 is 0 Å². The number of hydrogen-bond donors (Lipinski definition) is 1. The van der Waals surface area contributed by atoms with Crippen molar-refractivity contribution in [1.82, 2.24) is 5.32 Å². The van der Waals surface area contributed by atoms with Crippen molar-refractivity contribution in [2.45, 2.75) is 19.4 Å². The maximum Gasteiger partial charge on any atom is 0.220 e. The molecule has 2 rings (SSSR count). The molecular weight excluding hydrogens is 269 g/mol. The van der Waals surface area contributed by atoms with Crippen LogP contribution in [0.2, 0.25) is 0 Å². The summed E-state index contributed by atoms with van der Waals surface area (Å²) in [6.07, 6.45) is 0.245. The van der Waals surface area contributed by atoms with Gasteiger partial charge in [0.2, 0.25) is 5.91 Å². The summed E-state index contributed by atoms with van der Waals surface area (Å²) in [7, 11) is 0. The number of Topliss-reactive ketones (excluding diaryl/α,β-unsaturated/α-hetero) is 1. The average molecular weight is 285 g/mol. The summed E-state index contributed by atoms with van der Waals surface area (Å²) in [6, 6.07) is 15.1. The Morgan fingerprint density at radius 3 is 2.29 bits per heavy atom. The van der Waals surface area contributed by atoms with Crippen LogP contribution in [0, 0.1) is 5.82 Å². The normalized spacial score (nSPS) is 10.1. The van der Waals surface area contributed by atoms with Gasteiger partial charge in [0.05, 0.1) is 0 Å². The van der Waals surface area contributed by atoms with Gasteiger partial charge in [-0.25, -0.2) is 4.39 Å². The Morgan fingerprint density at radius 2 is 1.57 bits per heavy atom. The zero-order valence-electron chi connectivity index (χ0n) is 11.5. The lowest BCUT2D eigenvalue weighted by Crippen LogP contribution is -2.23. The first kappa shape index (κ1) is 14.9. The second-order valence-electron chi connectivity index (χ2n) is 4.66. The summed E-state index contributed by atoms with van der Waals surface area (Å²) in [5, 5.41) is 2.62. The van der Waals surface area contributed by atoms with E-state index in [0.29, 0.717) is 11.1 Å². The molecule has 21 heavy (non-hydrogen) atoms. The lowest BCUT2D eigenvalue weighted by molar-refractivity contribution is -0.121. The number of rotatable bonds is 6. The Bertz CT molecular complexity index is 626. The molecule has 108 valence electrons. The summed E-state index contributed by atoms with van der Waals surface area (Å²) < 4.78 is 13.4. The Balaban J connectivity index is 1.78. The molecule has 0 saturated carbocycles. The van der Waals surface area contributed by atoms with Gasteiger partial charge in [-0.15, -0.1) is 0 Å². The number of amides is 1. The topological polar surface area (TPSA) is 46.2 Å². The van der Waals surface area contributed by atoms with E-state index in [9.17, 15) is 14.0 Å². The van der Waals surface area contributed by atoms with Crippen molar-refractivity contribution in [2.24, 2.45) is 0 Å². The van der Waals surface area contributed by atoms with Crippen LogP contribution in [-0.4, -0.2) is 11.7 Å². The van der Waals surface area contributed by atoms with Crippen molar-refractivity contribution in [3.8, 4) is 0 Å². The summed E-state index contributed by atoms with van der Waals surface area (Å²) in [6.45, 7) is 0.130. The Hall–Kier alpha value is -2.49.